The first-order valence-corrected chi connectivity index (χ1v) is 7.95. The first-order chi connectivity index (χ1) is 9.56. The van der Waals surface area contributed by atoms with Crippen LogP contribution in [0.5, 0.6) is 0 Å². The predicted molar refractivity (Wildman–Crippen MR) is 85.4 cm³/mol. The number of likely N-dealkylation sites (N-methyl/N-ethyl adjacent to an activating group) is 1. The van der Waals surface area contributed by atoms with Crippen molar-refractivity contribution in [1.82, 2.24) is 4.98 Å². The topological polar surface area (TPSA) is 62.4 Å². The number of fused-ring (bicyclic) bond motifs is 1. The minimum absolute atomic E-state index is 0.156. The van der Waals surface area contributed by atoms with E-state index < -0.39 is 0 Å². The van der Waals surface area contributed by atoms with Gasteiger partial charge in [0, 0.05) is 7.05 Å². The van der Waals surface area contributed by atoms with E-state index in [2.05, 4.69) is 16.0 Å². The third-order valence-electron chi connectivity index (χ3n) is 4.22. The minimum Gasteiger partial charge on any atom is -0.397 e. The molecule has 0 aliphatic heterocycles. The number of nitrogens with two attached hydrogens (primary N) is 1. The molecule has 1 aliphatic carbocycles. The number of aliphatic hydroxyl groups is 1. The lowest BCUT2D eigenvalue weighted by Gasteiger charge is -2.37. The lowest BCUT2D eigenvalue weighted by molar-refractivity contribution is 0.106. The molecule has 4 nitrogen and oxygen atoms in total. The standard InChI is InChI=1S/C15H21N3OS/c1-9-17-11-8-13(10(16)7-15(11)20-9)18(2)12-5-3-4-6-14(12)19/h7-8,12,14,19H,3-6,16H2,1-2H3. The predicted octanol–water partition coefficient (Wildman–Crippen LogP) is 2.93. The van der Waals surface area contributed by atoms with Crippen LogP contribution in [0.3, 0.4) is 0 Å². The van der Waals surface area contributed by atoms with Crippen molar-refractivity contribution in [2.75, 3.05) is 17.7 Å². The number of hydrogen-bond donors (Lipinski definition) is 2. The summed E-state index contributed by atoms with van der Waals surface area (Å²) in [7, 11) is 2.02. The molecule has 1 fully saturated rings. The van der Waals surface area contributed by atoms with E-state index in [4.69, 9.17) is 5.73 Å². The van der Waals surface area contributed by atoms with Gasteiger partial charge in [-0.3, -0.25) is 0 Å². The highest BCUT2D eigenvalue weighted by atomic mass is 32.1. The van der Waals surface area contributed by atoms with Gasteiger partial charge in [0.05, 0.1) is 38.7 Å². The van der Waals surface area contributed by atoms with Crippen molar-refractivity contribution in [3.05, 3.63) is 17.1 Å². The molecular weight excluding hydrogens is 270 g/mol. The molecule has 1 saturated carbocycles. The summed E-state index contributed by atoms with van der Waals surface area (Å²) in [6.45, 7) is 2.01. The molecule has 5 heteroatoms. The van der Waals surface area contributed by atoms with Crippen LogP contribution in [-0.2, 0) is 0 Å². The quantitative estimate of drug-likeness (QED) is 0.835. The maximum absolute atomic E-state index is 10.2. The van der Waals surface area contributed by atoms with E-state index in [0.717, 1.165) is 45.9 Å². The van der Waals surface area contributed by atoms with Crippen LogP contribution < -0.4 is 10.6 Å². The van der Waals surface area contributed by atoms with E-state index in [9.17, 15) is 5.11 Å². The number of anilines is 2. The van der Waals surface area contributed by atoms with Crippen LogP contribution in [0.1, 0.15) is 30.7 Å². The number of aromatic nitrogens is 1. The fraction of sp³-hybridized carbons (Fsp3) is 0.533. The lowest BCUT2D eigenvalue weighted by atomic mass is 9.91. The Bertz CT molecular complexity index is 625. The zero-order chi connectivity index (χ0) is 14.3. The molecule has 2 unspecified atom stereocenters. The summed E-state index contributed by atoms with van der Waals surface area (Å²) < 4.78 is 1.13. The van der Waals surface area contributed by atoms with E-state index in [1.807, 2.05) is 20.0 Å². The van der Waals surface area contributed by atoms with Crippen molar-refractivity contribution in [1.29, 1.82) is 0 Å². The number of nitrogens with zero attached hydrogens (tertiary/aromatic N) is 2. The summed E-state index contributed by atoms with van der Waals surface area (Å²) in [5, 5.41) is 11.3. The molecule has 0 saturated heterocycles. The Labute approximate surface area is 123 Å². The summed E-state index contributed by atoms with van der Waals surface area (Å²) in [6.07, 6.45) is 3.93. The number of nitrogen functional groups attached to an aromatic ring is 1. The molecule has 2 aromatic rings. The van der Waals surface area contributed by atoms with Gasteiger partial charge in [-0.15, -0.1) is 11.3 Å². The number of thiazole rings is 1. The Morgan fingerprint density at radius 3 is 2.85 bits per heavy atom. The Morgan fingerprint density at radius 2 is 2.10 bits per heavy atom. The molecule has 0 radical (unpaired) electrons. The van der Waals surface area contributed by atoms with E-state index >= 15 is 0 Å². The molecule has 0 bridgehead atoms. The monoisotopic (exact) mass is 291 g/mol. The van der Waals surface area contributed by atoms with Crippen molar-refractivity contribution in [2.45, 2.75) is 44.8 Å². The maximum atomic E-state index is 10.2. The van der Waals surface area contributed by atoms with E-state index in [0.29, 0.717) is 0 Å². The molecule has 2 atom stereocenters. The number of hydrogen-bond acceptors (Lipinski definition) is 5. The molecule has 3 N–H and O–H groups in total. The second-order valence-electron chi connectivity index (χ2n) is 5.64. The molecule has 1 aromatic carbocycles. The summed E-state index contributed by atoms with van der Waals surface area (Å²) in [4.78, 5) is 6.67. The summed E-state index contributed by atoms with van der Waals surface area (Å²) in [5.41, 5.74) is 8.94. The average molecular weight is 291 g/mol. The average Bonchev–Trinajstić information content (AvgIpc) is 2.76. The molecule has 1 aliphatic rings. The summed E-state index contributed by atoms with van der Waals surface area (Å²) in [6, 6.07) is 4.21. The van der Waals surface area contributed by atoms with Crippen molar-refractivity contribution in [2.24, 2.45) is 0 Å². The lowest BCUT2D eigenvalue weighted by Crippen LogP contribution is -2.43. The smallest absolute Gasteiger partial charge is 0.0907 e. The third kappa shape index (κ3) is 2.36. The third-order valence-corrected chi connectivity index (χ3v) is 5.15. The highest BCUT2D eigenvalue weighted by Gasteiger charge is 2.27. The summed E-state index contributed by atoms with van der Waals surface area (Å²) >= 11 is 1.66. The van der Waals surface area contributed by atoms with Crippen LogP contribution in [0, 0.1) is 6.92 Å². The van der Waals surface area contributed by atoms with Crippen LogP contribution in [0.15, 0.2) is 12.1 Å². The van der Waals surface area contributed by atoms with Gasteiger partial charge in [0.1, 0.15) is 0 Å². The summed E-state index contributed by atoms with van der Waals surface area (Å²) in [5.74, 6) is 0. The van der Waals surface area contributed by atoms with E-state index in [-0.39, 0.29) is 12.1 Å². The van der Waals surface area contributed by atoms with Gasteiger partial charge in [0.25, 0.3) is 0 Å². The van der Waals surface area contributed by atoms with Crippen molar-refractivity contribution in [3.63, 3.8) is 0 Å². The minimum atomic E-state index is -0.263. The fourth-order valence-electron chi connectivity index (χ4n) is 3.12. The van der Waals surface area contributed by atoms with Gasteiger partial charge < -0.3 is 15.7 Å². The Kier molecular flexibility index (Phi) is 3.56. The van der Waals surface area contributed by atoms with Gasteiger partial charge in [-0.25, -0.2) is 4.98 Å². The van der Waals surface area contributed by atoms with Gasteiger partial charge >= 0.3 is 0 Å². The van der Waals surface area contributed by atoms with Crippen molar-refractivity contribution < 1.29 is 5.11 Å². The number of rotatable bonds is 2. The molecule has 3 rings (SSSR count). The molecular formula is C15H21N3OS. The van der Waals surface area contributed by atoms with Crippen LogP contribution in [-0.4, -0.2) is 29.3 Å². The van der Waals surface area contributed by atoms with Gasteiger partial charge in [-0.2, -0.15) is 0 Å². The number of aliphatic hydroxyl groups excluding tert-OH is 1. The largest absolute Gasteiger partial charge is 0.397 e. The first-order valence-electron chi connectivity index (χ1n) is 7.14. The Hall–Kier alpha value is -1.33. The van der Waals surface area contributed by atoms with Crippen LogP contribution in [0.2, 0.25) is 0 Å². The normalized spacial score (nSPS) is 23.1. The highest BCUT2D eigenvalue weighted by Crippen LogP contribution is 2.34. The number of aryl methyl sites for hydroxylation is 1. The van der Waals surface area contributed by atoms with E-state index in [1.165, 1.54) is 6.42 Å². The van der Waals surface area contributed by atoms with E-state index in [1.54, 1.807) is 11.3 Å². The molecule has 1 heterocycles. The van der Waals surface area contributed by atoms with Crippen molar-refractivity contribution >= 4 is 32.9 Å². The molecule has 1 aromatic heterocycles. The molecule has 0 spiro atoms. The SMILES string of the molecule is Cc1nc2cc(N(C)C3CCCCC3O)c(N)cc2s1. The van der Waals surface area contributed by atoms with Crippen LogP contribution >= 0.6 is 11.3 Å². The van der Waals surface area contributed by atoms with Gasteiger partial charge in [0.2, 0.25) is 0 Å². The van der Waals surface area contributed by atoms with Crippen LogP contribution in [0.25, 0.3) is 10.2 Å². The molecule has 108 valence electrons. The Balaban J connectivity index is 1.97. The first kappa shape index (κ1) is 13.6. The maximum Gasteiger partial charge on any atom is 0.0907 e. The van der Waals surface area contributed by atoms with Crippen molar-refractivity contribution in [3.8, 4) is 0 Å². The zero-order valence-electron chi connectivity index (χ0n) is 12.0. The Morgan fingerprint density at radius 1 is 1.35 bits per heavy atom. The zero-order valence-corrected chi connectivity index (χ0v) is 12.8. The highest BCUT2D eigenvalue weighted by molar-refractivity contribution is 7.18. The second-order valence-corrected chi connectivity index (χ2v) is 6.88. The van der Waals surface area contributed by atoms with Gasteiger partial charge in [-0.1, -0.05) is 12.8 Å². The van der Waals surface area contributed by atoms with Gasteiger partial charge in [-0.05, 0) is 31.9 Å². The second kappa shape index (κ2) is 5.22. The number of benzene rings is 1. The van der Waals surface area contributed by atoms with Gasteiger partial charge in [0.15, 0.2) is 0 Å². The molecule has 20 heavy (non-hydrogen) atoms. The molecule has 0 amide bonds. The van der Waals surface area contributed by atoms with Crippen LogP contribution in [0.4, 0.5) is 11.4 Å². The fourth-order valence-corrected chi connectivity index (χ4v) is 3.98.